The average Bonchev–Trinajstić information content (AvgIpc) is 3.19. The summed E-state index contributed by atoms with van der Waals surface area (Å²) in [6.45, 7) is -2.48. The molecule has 0 saturated carbocycles. The van der Waals surface area contributed by atoms with Crippen molar-refractivity contribution in [2.45, 2.75) is 12.6 Å². The highest BCUT2D eigenvalue weighted by molar-refractivity contribution is 5.57. The Hall–Kier alpha value is -3.44. The predicted molar refractivity (Wildman–Crippen MR) is 90.5 cm³/mol. The van der Waals surface area contributed by atoms with Crippen LogP contribution in [0, 0.1) is 0 Å². The molecule has 3 aromatic rings. The van der Waals surface area contributed by atoms with Crippen molar-refractivity contribution in [1.82, 2.24) is 19.7 Å². The second kappa shape index (κ2) is 8.29. The van der Waals surface area contributed by atoms with Crippen LogP contribution in [-0.2, 0) is 0 Å². The van der Waals surface area contributed by atoms with E-state index in [4.69, 9.17) is 4.74 Å². The second-order valence-corrected chi connectivity index (χ2v) is 5.68. The lowest BCUT2D eigenvalue weighted by atomic mass is 10.2. The van der Waals surface area contributed by atoms with Crippen molar-refractivity contribution in [1.29, 1.82) is 0 Å². The molecule has 1 N–H and O–H groups in total. The van der Waals surface area contributed by atoms with Crippen LogP contribution in [0.4, 0.5) is 22.0 Å². The lowest BCUT2D eigenvalue weighted by Crippen LogP contribution is -2.23. The molecule has 0 aliphatic carbocycles. The molecule has 0 aliphatic heterocycles. The first-order chi connectivity index (χ1) is 13.7. The van der Waals surface area contributed by atoms with Crippen LogP contribution in [0.25, 0.3) is 16.9 Å². The van der Waals surface area contributed by atoms with Gasteiger partial charge in [0, 0.05) is 17.8 Å². The number of benzene rings is 1. The number of H-pyrrole nitrogens is 1. The average molecular weight is 416 g/mol. The first-order valence-electron chi connectivity index (χ1n) is 8.07. The van der Waals surface area contributed by atoms with Gasteiger partial charge in [0.25, 0.3) is 12.0 Å². The molecule has 29 heavy (non-hydrogen) atoms. The van der Waals surface area contributed by atoms with Crippen molar-refractivity contribution >= 4 is 0 Å². The van der Waals surface area contributed by atoms with Gasteiger partial charge in [0.05, 0.1) is 17.6 Å². The molecule has 0 fully saturated rings. The van der Waals surface area contributed by atoms with Crippen LogP contribution in [-0.4, -0.2) is 45.6 Å². The summed E-state index contributed by atoms with van der Waals surface area (Å²) in [6, 6.07) is 5.71. The highest BCUT2D eigenvalue weighted by Crippen LogP contribution is 2.23. The predicted octanol–water partition coefficient (Wildman–Crippen LogP) is 3.21. The fourth-order valence-corrected chi connectivity index (χ4v) is 2.33. The molecule has 0 aliphatic rings. The van der Waals surface area contributed by atoms with Crippen molar-refractivity contribution < 1.29 is 31.4 Å². The van der Waals surface area contributed by atoms with Crippen LogP contribution in [0.15, 0.2) is 47.5 Å². The first-order valence-corrected chi connectivity index (χ1v) is 8.07. The Morgan fingerprint density at radius 3 is 2.45 bits per heavy atom. The summed E-state index contributed by atoms with van der Waals surface area (Å²) in [5.74, 6) is -0.0860. The minimum atomic E-state index is -4.50. The fraction of sp³-hybridized carbons (Fsp3) is 0.235. The highest BCUT2D eigenvalue weighted by Gasteiger charge is 2.28. The van der Waals surface area contributed by atoms with E-state index in [2.05, 4.69) is 19.9 Å². The van der Waals surface area contributed by atoms with Gasteiger partial charge in [0.15, 0.2) is 13.2 Å². The first kappa shape index (κ1) is 20.3. The van der Waals surface area contributed by atoms with Gasteiger partial charge in [-0.25, -0.2) is 13.3 Å². The molecule has 0 bridgehead atoms. The quantitative estimate of drug-likeness (QED) is 0.599. The molecule has 154 valence electrons. The summed E-state index contributed by atoms with van der Waals surface area (Å²) in [5.41, 5.74) is 0.0794. The second-order valence-electron chi connectivity index (χ2n) is 5.68. The molecule has 7 nitrogen and oxygen atoms in total. The van der Waals surface area contributed by atoms with E-state index in [1.165, 1.54) is 36.7 Å². The van der Waals surface area contributed by atoms with E-state index >= 15 is 0 Å². The Morgan fingerprint density at radius 2 is 1.86 bits per heavy atom. The van der Waals surface area contributed by atoms with E-state index in [-0.39, 0.29) is 17.1 Å². The van der Waals surface area contributed by atoms with E-state index in [9.17, 15) is 26.7 Å². The lowest BCUT2D eigenvalue weighted by Gasteiger charge is -2.14. The van der Waals surface area contributed by atoms with Gasteiger partial charge in [-0.05, 0) is 24.3 Å². The zero-order valence-corrected chi connectivity index (χ0v) is 14.5. The topological polar surface area (TPSA) is 82.0 Å². The van der Waals surface area contributed by atoms with Crippen molar-refractivity contribution in [2.75, 3.05) is 13.2 Å². The number of hydrogen-bond donors (Lipinski definition) is 1. The third-order valence-corrected chi connectivity index (χ3v) is 3.52. The highest BCUT2D eigenvalue weighted by atomic mass is 19.4. The van der Waals surface area contributed by atoms with Gasteiger partial charge in [-0.15, -0.1) is 0 Å². The molecular formula is C17H13F5N4O3. The number of hydrogen-bond acceptors (Lipinski definition) is 5. The van der Waals surface area contributed by atoms with Crippen LogP contribution >= 0.6 is 0 Å². The Balaban J connectivity index is 1.95. The smallest absolute Gasteiger partial charge is 0.422 e. The molecule has 2 heterocycles. The summed E-state index contributed by atoms with van der Waals surface area (Å²) in [5, 5.41) is 6.27. The zero-order valence-electron chi connectivity index (χ0n) is 14.5. The molecule has 0 amide bonds. The maximum Gasteiger partial charge on any atom is 0.422 e. The summed E-state index contributed by atoms with van der Waals surface area (Å²) >= 11 is 0. The Morgan fingerprint density at radius 1 is 1.14 bits per heavy atom. The Labute approximate surface area is 159 Å². The van der Waals surface area contributed by atoms with E-state index in [1.807, 2.05) is 0 Å². The van der Waals surface area contributed by atoms with Gasteiger partial charge in [-0.2, -0.15) is 23.3 Å². The molecule has 0 unspecified atom stereocenters. The number of aromatic nitrogens is 4. The molecule has 0 spiro atoms. The third kappa shape index (κ3) is 5.30. The van der Waals surface area contributed by atoms with E-state index in [0.29, 0.717) is 5.56 Å². The van der Waals surface area contributed by atoms with Crippen LogP contribution < -0.4 is 15.0 Å². The molecule has 3 rings (SSSR count). The van der Waals surface area contributed by atoms with Crippen LogP contribution in [0.3, 0.4) is 0 Å². The number of ether oxygens (including phenoxy) is 2. The third-order valence-electron chi connectivity index (χ3n) is 3.52. The maximum absolute atomic E-state index is 12.6. The molecular weight excluding hydrogens is 403 g/mol. The SMILES string of the molecule is O=c1cc(-c2cn[nH]c2)nc(OCC(F)F)n1-c1ccc(OCC(F)(F)F)cc1. The summed E-state index contributed by atoms with van der Waals surface area (Å²) in [6.07, 6.45) is -4.47. The van der Waals surface area contributed by atoms with Gasteiger partial charge in [-0.3, -0.25) is 9.89 Å². The molecule has 1 aromatic carbocycles. The van der Waals surface area contributed by atoms with Crippen LogP contribution in [0.1, 0.15) is 0 Å². The summed E-state index contributed by atoms with van der Waals surface area (Å²) < 4.78 is 72.4. The van der Waals surface area contributed by atoms with E-state index in [0.717, 1.165) is 10.6 Å². The lowest BCUT2D eigenvalue weighted by molar-refractivity contribution is -0.153. The zero-order chi connectivity index (χ0) is 21.0. The van der Waals surface area contributed by atoms with Gasteiger partial charge >= 0.3 is 12.2 Å². The number of nitrogens with one attached hydrogen (secondary N) is 1. The van der Waals surface area contributed by atoms with Gasteiger partial charge in [0.1, 0.15) is 5.75 Å². The minimum absolute atomic E-state index is 0.0860. The monoisotopic (exact) mass is 416 g/mol. The van der Waals surface area contributed by atoms with Crippen molar-refractivity contribution in [2.24, 2.45) is 0 Å². The maximum atomic E-state index is 12.6. The fourth-order valence-electron chi connectivity index (χ4n) is 2.33. The number of aromatic amines is 1. The molecule has 0 saturated heterocycles. The molecule has 0 radical (unpaired) electrons. The van der Waals surface area contributed by atoms with Crippen LogP contribution in [0.5, 0.6) is 11.8 Å². The normalized spacial score (nSPS) is 11.7. The van der Waals surface area contributed by atoms with E-state index < -0.39 is 37.4 Å². The number of halogens is 5. The largest absolute Gasteiger partial charge is 0.484 e. The van der Waals surface area contributed by atoms with Gasteiger partial charge in [-0.1, -0.05) is 0 Å². The number of nitrogens with zero attached hydrogens (tertiary/aromatic N) is 3. The van der Waals surface area contributed by atoms with Crippen molar-refractivity contribution in [3.8, 4) is 28.7 Å². The van der Waals surface area contributed by atoms with Crippen molar-refractivity contribution in [3.05, 3.63) is 53.1 Å². The van der Waals surface area contributed by atoms with Gasteiger partial charge in [0.2, 0.25) is 0 Å². The number of alkyl halides is 5. The Kier molecular flexibility index (Phi) is 5.80. The summed E-state index contributed by atoms with van der Waals surface area (Å²) in [4.78, 5) is 16.7. The Bertz CT molecular complexity index is 1000. The minimum Gasteiger partial charge on any atom is -0.484 e. The summed E-state index contributed by atoms with van der Waals surface area (Å²) in [7, 11) is 0. The van der Waals surface area contributed by atoms with E-state index in [1.54, 1.807) is 0 Å². The molecule has 12 heteroatoms. The standard InChI is InChI=1S/C17H13F5N4O3/c18-14(19)8-28-16-25-13(10-6-23-24-7-10)5-15(27)26(16)11-1-3-12(4-2-11)29-9-17(20,21)22/h1-7,14H,8-9H2,(H,23,24). The van der Waals surface area contributed by atoms with Gasteiger partial charge < -0.3 is 9.47 Å². The van der Waals surface area contributed by atoms with Crippen LogP contribution in [0.2, 0.25) is 0 Å². The molecule has 0 atom stereocenters. The number of rotatable bonds is 7. The van der Waals surface area contributed by atoms with Crippen molar-refractivity contribution in [3.63, 3.8) is 0 Å². The molecule has 2 aromatic heterocycles.